The maximum atomic E-state index is 11.9. The number of amides is 1. The highest BCUT2D eigenvalue weighted by molar-refractivity contribution is 5.89. The fourth-order valence-electron chi connectivity index (χ4n) is 2.76. The normalized spacial score (nSPS) is 11.6. The lowest BCUT2D eigenvalue weighted by atomic mass is 10.0. The molecule has 0 saturated carbocycles. The van der Waals surface area contributed by atoms with Gasteiger partial charge in [0.1, 0.15) is 0 Å². The fraction of sp³-hybridized carbons (Fsp3) is 0.304. The Bertz CT molecular complexity index is 854. The summed E-state index contributed by atoms with van der Waals surface area (Å²) in [6.45, 7) is 2.13. The summed E-state index contributed by atoms with van der Waals surface area (Å²) in [7, 11) is 4.53. The third-order valence-corrected chi connectivity index (χ3v) is 4.42. The number of methoxy groups -OCH3 is 3. The van der Waals surface area contributed by atoms with Gasteiger partial charge < -0.3 is 24.3 Å². The summed E-state index contributed by atoms with van der Waals surface area (Å²) in [6.07, 6.45) is 2.78. The van der Waals surface area contributed by atoms with E-state index >= 15 is 0 Å². The van der Waals surface area contributed by atoms with Crippen molar-refractivity contribution >= 4 is 18.0 Å². The smallest absolute Gasteiger partial charge is 0.331 e. The van der Waals surface area contributed by atoms with Gasteiger partial charge in [0.25, 0.3) is 5.91 Å². The molecule has 2 aromatic rings. The molecule has 0 heterocycles. The predicted octanol–water partition coefficient (Wildman–Crippen LogP) is 3.19. The fourth-order valence-corrected chi connectivity index (χ4v) is 2.76. The van der Waals surface area contributed by atoms with Gasteiger partial charge in [-0.15, -0.1) is 0 Å². The number of carbonyl (C=O) groups excluding carboxylic acids is 2. The minimum absolute atomic E-state index is 0.158. The molecule has 30 heavy (non-hydrogen) atoms. The number of rotatable bonds is 10. The maximum absolute atomic E-state index is 11.9. The van der Waals surface area contributed by atoms with Crippen molar-refractivity contribution in [1.82, 2.24) is 5.32 Å². The first kappa shape index (κ1) is 22.8. The van der Waals surface area contributed by atoms with E-state index in [9.17, 15) is 9.59 Å². The number of esters is 1. The summed E-state index contributed by atoms with van der Waals surface area (Å²) in [5.41, 5.74) is 1.78. The van der Waals surface area contributed by atoms with E-state index in [-0.39, 0.29) is 18.4 Å². The van der Waals surface area contributed by atoms with Crippen LogP contribution in [0.5, 0.6) is 17.2 Å². The molecule has 0 aliphatic carbocycles. The monoisotopic (exact) mass is 413 g/mol. The van der Waals surface area contributed by atoms with Gasteiger partial charge in [-0.3, -0.25) is 4.79 Å². The van der Waals surface area contributed by atoms with Crippen LogP contribution < -0.4 is 19.5 Å². The molecule has 7 heteroatoms. The highest BCUT2D eigenvalue weighted by Gasteiger charge is 2.13. The van der Waals surface area contributed by atoms with E-state index in [1.165, 1.54) is 27.4 Å². The van der Waals surface area contributed by atoms with Crippen molar-refractivity contribution in [3.8, 4) is 17.2 Å². The van der Waals surface area contributed by atoms with E-state index in [1.807, 2.05) is 37.3 Å². The number of ether oxygens (including phenoxy) is 4. The molecule has 1 N–H and O–H groups in total. The van der Waals surface area contributed by atoms with Gasteiger partial charge >= 0.3 is 5.97 Å². The molecule has 0 fully saturated rings. The number of hydrogen-bond donors (Lipinski definition) is 1. The molecule has 160 valence electrons. The van der Waals surface area contributed by atoms with Gasteiger partial charge in [0.15, 0.2) is 18.1 Å². The zero-order valence-corrected chi connectivity index (χ0v) is 17.6. The molecular formula is C23H27NO6. The molecule has 0 aliphatic heterocycles. The number of nitrogens with one attached hydrogen (secondary N) is 1. The van der Waals surface area contributed by atoms with Crippen LogP contribution in [0.1, 0.15) is 24.0 Å². The van der Waals surface area contributed by atoms with Crippen molar-refractivity contribution in [3.05, 3.63) is 59.7 Å². The molecule has 7 nitrogen and oxygen atoms in total. The van der Waals surface area contributed by atoms with Crippen LogP contribution in [0.25, 0.3) is 6.08 Å². The Morgan fingerprint density at radius 1 is 1.00 bits per heavy atom. The highest BCUT2D eigenvalue weighted by atomic mass is 16.5. The third-order valence-electron chi connectivity index (χ3n) is 4.42. The lowest BCUT2D eigenvalue weighted by Crippen LogP contribution is -2.31. The molecule has 0 saturated heterocycles. The minimum Gasteiger partial charge on any atom is -0.493 e. The summed E-state index contributed by atoms with van der Waals surface area (Å²) in [5.74, 6) is 0.572. The van der Waals surface area contributed by atoms with E-state index < -0.39 is 5.97 Å². The van der Waals surface area contributed by atoms with E-state index in [4.69, 9.17) is 18.9 Å². The molecule has 0 aromatic heterocycles. The standard InChI is InChI=1S/C23H27NO6/c1-16(18-8-6-5-7-9-18)14-24-21(25)15-30-22(26)11-10-17-12-19(27-2)23(29-4)20(13-17)28-3/h5-13,16H,14-15H2,1-4H3,(H,24,25)/b11-10+/t16-/m1/s1. The van der Waals surface area contributed by atoms with Gasteiger partial charge in [0.05, 0.1) is 21.3 Å². The Balaban J connectivity index is 1.85. The average molecular weight is 413 g/mol. The summed E-state index contributed by atoms with van der Waals surface area (Å²) >= 11 is 0. The second kappa shape index (κ2) is 11.5. The van der Waals surface area contributed by atoms with Crippen molar-refractivity contribution in [2.24, 2.45) is 0 Å². The number of carbonyl (C=O) groups is 2. The van der Waals surface area contributed by atoms with E-state index in [2.05, 4.69) is 5.32 Å². The number of hydrogen-bond acceptors (Lipinski definition) is 6. The average Bonchev–Trinajstić information content (AvgIpc) is 2.79. The Morgan fingerprint density at radius 2 is 1.63 bits per heavy atom. The van der Waals surface area contributed by atoms with Gasteiger partial charge in [-0.05, 0) is 35.3 Å². The SMILES string of the molecule is COc1cc(/C=C/C(=O)OCC(=O)NC[C@@H](C)c2ccccc2)cc(OC)c1OC. The molecule has 0 radical (unpaired) electrons. The van der Waals surface area contributed by atoms with Gasteiger partial charge in [-0.1, -0.05) is 37.3 Å². The number of benzene rings is 2. The molecule has 0 bridgehead atoms. The summed E-state index contributed by atoms with van der Waals surface area (Å²) < 4.78 is 20.8. The molecule has 1 atom stereocenters. The Labute approximate surface area is 176 Å². The van der Waals surface area contributed by atoms with E-state index in [0.29, 0.717) is 29.4 Å². The lowest BCUT2D eigenvalue weighted by molar-refractivity contribution is -0.143. The van der Waals surface area contributed by atoms with Crippen molar-refractivity contribution in [2.75, 3.05) is 34.5 Å². The first-order valence-corrected chi connectivity index (χ1v) is 9.45. The lowest BCUT2D eigenvalue weighted by Gasteiger charge is -2.13. The van der Waals surface area contributed by atoms with Crippen LogP contribution in [-0.2, 0) is 14.3 Å². The molecule has 0 spiro atoms. The predicted molar refractivity (Wildman–Crippen MR) is 114 cm³/mol. The van der Waals surface area contributed by atoms with Crippen molar-refractivity contribution in [3.63, 3.8) is 0 Å². The Hall–Kier alpha value is -3.48. The molecule has 2 aromatic carbocycles. The van der Waals surface area contributed by atoms with Gasteiger partial charge in [-0.25, -0.2) is 4.79 Å². The highest BCUT2D eigenvalue weighted by Crippen LogP contribution is 2.38. The summed E-state index contributed by atoms with van der Waals surface area (Å²) in [4.78, 5) is 23.9. The van der Waals surface area contributed by atoms with Crippen molar-refractivity contribution in [2.45, 2.75) is 12.8 Å². The molecular weight excluding hydrogens is 386 g/mol. The first-order valence-electron chi connectivity index (χ1n) is 9.45. The van der Waals surface area contributed by atoms with Crippen LogP contribution in [0, 0.1) is 0 Å². The zero-order valence-electron chi connectivity index (χ0n) is 17.6. The van der Waals surface area contributed by atoms with Crippen LogP contribution in [0.4, 0.5) is 0 Å². The van der Waals surface area contributed by atoms with Crippen molar-refractivity contribution < 1.29 is 28.5 Å². The van der Waals surface area contributed by atoms with Crippen LogP contribution in [-0.4, -0.2) is 46.4 Å². The van der Waals surface area contributed by atoms with Crippen LogP contribution in [0.3, 0.4) is 0 Å². The minimum atomic E-state index is -0.630. The molecule has 0 aliphatic rings. The van der Waals surface area contributed by atoms with Gasteiger partial charge in [0.2, 0.25) is 5.75 Å². The van der Waals surface area contributed by atoms with Crippen LogP contribution >= 0.6 is 0 Å². The summed E-state index contributed by atoms with van der Waals surface area (Å²) in [6, 6.07) is 13.3. The zero-order chi connectivity index (χ0) is 21.9. The van der Waals surface area contributed by atoms with E-state index in [0.717, 1.165) is 5.56 Å². The topological polar surface area (TPSA) is 83.1 Å². The van der Waals surface area contributed by atoms with Crippen molar-refractivity contribution in [1.29, 1.82) is 0 Å². The third kappa shape index (κ3) is 6.55. The van der Waals surface area contributed by atoms with Crippen LogP contribution in [0.2, 0.25) is 0 Å². The first-order chi connectivity index (χ1) is 14.5. The second-order valence-electron chi connectivity index (χ2n) is 6.52. The maximum Gasteiger partial charge on any atom is 0.331 e. The molecule has 1 amide bonds. The molecule has 2 rings (SSSR count). The largest absolute Gasteiger partial charge is 0.493 e. The quantitative estimate of drug-likeness (QED) is 0.476. The Morgan fingerprint density at radius 3 is 2.20 bits per heavy atom. The van der Waals surface area contributed by atoms with E-state index in [1.54, 1.807) is 18.2 Å². The van der Waals surface area contributed by atoms with Crippen LogP contribution in [0.15, 0.2) is 48.5 Å². The molecule has 0 unspecified atom stereocenters. The van der Waals surface area contributed by atoms with Gasteiger partial charge in [0, 0.05) is 12.6 Å². The Kier molecular flexibility index (Phi) is 8.75. The second-order valence-corrected chi connectivity index (χ2v) is 6.52. The van der Waals surface area contributed by atoms with Gasteiger partial charge in [-0.2, -0.15) is 0 Å². The summed E-state index contributed by atoms with van der Waals surface area (Å²) in [5, 5.41) is 2.77.